The van der Waals surface area contributed by atoms with E-state index in [2.05, 4.69) is 87.8 Å². The fraction of sp³-hybridized carbons (Fsp3) is 0. The Balaban J connectivity index is 1.37. The summed E-state index contributed by atoms with van der Waals surface area (Å²) in [6, 6.07) is 47.4. The molecule has 0 saturated carbocycles. The highest BCUT2D eigenvalue weighted by atomic mass is 35.5. The zero-order valence-electron chi connectivity index (χ0n) is 25.3. The van der Waals surface area contributed by atoms with Gasteiger partial charge in [0.05, 0.1) is 33.3 Å². The smallest absolute Gasteiger partial charge is 0.162 e. The summed E-state index contributed by atoms with van der Waals surface area (Å²) < 4.78 is 4.55. The van der Waals surface area contributed by atoms with Crippen LogP contribution in [0.5, 0.6) is 0 Å². The Kier molecular flexibility index (Phi) is 5.92. The molecule has 5 nitrogen and oxygen atoms in total. The second-order valence-corrected chi connectivity index (χ2v) is 12.8. The van der Waals surface area contributed by atoms with Crippen molar-refractivity contribution in [3.05, 3.63) is 150 Å². The number of hydrogen-bond acceptors (Lipinski definition) is 3. The van der Waals surface area contributed by atoms with Crippen molar-refractivity contribution in [3.63, 3.8) is 0 Å². The van der Waals surface area contributed by atoms with Gasteiger partial charge in [0.2, 0.25) is 0 Å². The van der Waals surface area contributed by atoms with Gasteiger partial charge >= 0.3 is 0 Å². The molecule has 48 heavy (non-hydrogen) atoms. The van der Waals surface area contributed by atoms with E-state index in [0.29, 0.717) is 15.9 Å². The van der Waals surface area contributed by atoms with Crippen molar-refractivity contribution < 1.29 is 0 Å². The Morgan fingerprint density at radius 2 is 1.10 bits per heavy atom. The van der Waals surface area contributed by atoms with Gasteiger partial charge in [-0.1, -0.05) is 102 Å². The molecule has 10 rings (SSSR count). The van der Waals surface area contributed by atoms with Crippen LogP contribution in [0.3, 0.4) is 0 Å². The molecule has 10 aromatic rings. The van der Waals surface area contributed by atoms with Gasteiger partial charge in [-0.25, -0.2) is 15.0 Å². The molecule has 0 unspecified atom stereocenters. The van der Waals surface area contributed by atoms with Gasteiger partial charge < -0.3 is 0 Å². The zero-order chi connectivity index (χ0) is 31.9. The number of imidazole rings is 1. The van der Waals surface area contributed by atoms with Crippen molar-refractivity contribution >= 4 is 83.4 Å². The minimum Gasteiger partial charge on any atom is -0.294 e. The van der Waals surface area contributed by atoms with E-state index in [1.165, 1.54) is 5.39 Å². The fourth-order valence-corrected chi connectivity index (χ4v) is 7.58. The summed E-state index contributed by atoms with van der Waals surface area (Å²) in [5.74, 6) is 1.33. The quantitative estimate of drug-likeness (QED) is 0.178. The van der Waals surface area contributed by atoms with E-state index in [1.807, 2.05) is 60.7 Å². The van der Waals surface area contributed by atoms with E-state index in [-0.39, 0.29) is 0 Å². The molecule has 0 amide bonds. The molecular weight excluding hydrogens is 633 g/mol. The van der Waals surface area contributed by atoms with Gasteiger partial charge in [0, 0.05) is 48.8 Å². The molecule has 0 aliphatic rings. The molecule has 0 N–H and O–H groups in total. The summed E-state index contributed by atoms with van der Waals surface area (Å²) in [7, 11) is 0. The number of hydrogen-bond donors (Lipinski definition) is 0. The standard InChI is InChI=1S/C41H23Cl2N5/c42-26-11-7-9-24(21-26)32-23-37(46-40(44-32)25-10-8-12-27(43)22-25)47-33-17-5-3-15-30(33)39-35(47)19-20-36-38(39)28-13-1-2-14-29(28)41-45-31-16-4-6-18-34(31)48(36)41/h1-23H. The summed E-state index contributed by atoms with van der Waals surface area (Å²) in [5, 5.41) is 7.01. The van der Waals surface area contributed by atoms with Crippen LogP contribution in [0.25, 0.3) is 88.6 Å². The molecule has 4 heterocycles. The van der Waals surface area contributed by atoms with Crippen molar-refractivity contribution in [2.75, 3.05) is 0 Å². The lowest BCUT2D eigenvalue weighted by molar-refractivity contribution is 1.05. The molecule has 0 bridgehead atoms. The first kappa shape index (κ1) is 27.4. The van der Waals surface area contributed by atoms with E-state index in [9.17, 15) is 0 Å². The van der Waals surface area contributed by atoms with E-state index in [4.69, 9.17) is 38.2 Å². The summed E-state index contributed by atoms with van der Waals surface area (Å²) in [5.41, 5.74) is 8.71. The first-order valence-electron chi connectivity index (χ1n) is 15.7. The Morgan fingerprint density at radius 3 is 1.92 bits per heavy atom. The third-order valence-corrected chi connectivity index (χ3v) is 9.67. The summed E-state index contributed by atoms with van der Waals surface area (Å²) in [6.07, 6.45) is 0. The molecule has 0 aliphatic carbocycles. The molecule has 7 heteroatoms. The van der Waals surface area contributed by atoms with E-state index in [0.717, 1.165) is 77.4 Å². The Morgan fingerprint density at radius 1 is 0.458 bits per heavy atom. The van der Waals surface area contributed by atoms with Crippen molar-refractivity contribution in [3.8, 4) is 28.5 Å². The van der Waals surface area contributed by atoms with E-state index < -0.39 is 0 Å². The molecule has 0 atom stereocenters. The number of fused-ring (bicyclic) bond motifs is 12. The van der Waals surface area contributed by atoms with Crippen molar-refractivity contribution in [2.24, 2.45) is 0 Å². The first-order valence-corrected chi connectivity index (χ1v) is 16.4. The Bertz CT molecular complexity index is 2880. The van der Waals surface area contributed by atoms with Gasteiger partial charge in [-0.15, -0.1) is 0 Å². The van der Waals surface area contributed by atoms with Crippen LogP contribution in [0, 0.1) is 0 Å². The van der Waals surface area contributed by atoms with Crippen molar-refractivity contribution in [2.45, 2.75) is 0 Å². The molecule has 0 aliphatic heterocycles. The van der Waals surface area contributed by atoms with Crippen LogP contribution < -0.4 is 0 Å². The monoisotopic (exact) mass is 655 g/mol. The van der Waals surface area contributed by atoms with E-state index in [1.54, 1.807) is 0 Å². The minimum atomic E-state index is 0.578. The number of aromatic nitrogens is 5. The van der Waals surface area contributed by atoms with Crippen LogP contribution in [0.4, 0.5) is 0 Å². The van der Waals surface area contributed by atoms with Crippen LogP contribution in [0.15, 0.2) is 140 Å². The predicted molar refractivity (Wildman–Crippen MR) is 199 cm³/mol. The van der Waals surface area contributed by atoms with E-state index >= 15 is 0 Å². The number of halogens is 2. The topological polar surface area (TPSA) is 48.0 Å². The fourth-order valence-electron chi connectivity index (χ4n) is 7.20. The SMILES string of the molecule is Clc1cccc(-c2cc(-n3c4ccccc4c4c5c6ccccc6c6nc7ccccc7n6c5ccc43)nc(-c3cccc(Cl)c3)n2)c1. The average Bonchev–Trinajstić information content (AvgIpc) is 3.68. The maximum absolute atomic E-state index is 6.47. The van der Waals surface area contributed by atoms with Crippen molar-refractivity contribution in [1.29, 1.82) is 0 Å². The van der Waals surface area contributed by atoms with Gasteiger partial charge in [0.15, 0.2) is 5.82 Å². The highest BCUT2D eigenvalue weighted by Gasteiger charge is 2.21. The third kappa shape index (κ3) is 4.02. The molecule has 226 valence electrons. The highest BCUT2D eigenvalue weighted by Crippen LogP contribution is 2.42. The second kappa shape index (κ2) is 10.4. The Labute approximate surface area is 284 Å². The number of benzene rings is 6. The average molecular weight is 657 g/mol. The molecule has 0 saturated heterocycles. The molecule has 0 spiro atoms. The summed E-state index contributed by atoms with van der Waals surface area (Å²) >= 11 is 12.9. The van der Waals surface area contributed by atoms with Crippen LogP contribution in [-0.2, 0) is 0 Å². The second-order valence-electron chi connectivity index (χ2n) is 12.0. The maximum atomic E-state index is 6.47. The van der Waals surface area contributed by atoms with Crippen LogP contribution in [0.2, 0.25) is 10.0 Å². The Hall–Kier alpha value is -5.75. The number of pyridine rings is 1. The number of para-hydroxylation sites is 3. The van der Waals surface area contributed by atoms with Crippen LogP contribution in [-0.4, -0.2) is 23.9 Å². The van der Waals surface area contributed by atoms with Gasteiger partial charge in [0.25, 0.3) is 0 Å². The van der Waals surface area contributed by atoms with Gasteiger partial charge in [-0.3, -0.25) is 8.97 Å². The van der Waals surface area contributed by atoms with Crippen LogP contribution in [0.1, 0.15) is 0 Å². The van der Waals surface area contributed by atoms with Crippen molar-refractivity contribution in [1.82, 2.24) is 23.9 Å². The van der Waals surface area contributed by atoms with Gasteiger partial charge in [0.1, 0.15) is 11.5 Å². The molecule has 6 aromatic carbocycles. The lowest BCUT2D eigenvalue weighted by atomic mass is 10.0. The first-order chi connectivity index (χ1) is 23.6. The molecule has 0 fully saturated rings. The van der Waals surface area contributed by atoms with Gasteiger partial charge in [-0.2, -0.15) is 0 Å². The zero-order valence-corrected chi connectivity index (χ0v) is 26.8. The molecular formula is C41H23Cl2N5. The lowest BCUT2D eigenvalue weighted by Gasteiger charge is -2.13. The lowest BCUT2D eigenvalue weighted by Crippen LogP contribution is -2.02. The number of rotatable bonds is 3. The normalized spacial score (nSPS) is 12.0. The van der Waals surface area contributed by atoms with Gasteiger partial charge in [-0.05, 0) is 60.0 Å². The molecule has 4 aromatic heterocycles. The molecule has 0 radical (unpaired) electrons. The summed E-state index contributed by atoms with van der Waals surface area (Å²) in [6.45, 7) is 0. The predicted octanol–water partition coefficient (Wildman–Crippen LogP) is 11.3. The number of nitrogens with zero attached hydrogens (tertiary/aromatic N) is 5. The van der Waals surface area contributed by atoms with Crippen LogP contribution >= 0.6 is 23.2 Å². The summed E-state index contributed by atoms with van der Waals surface area (Å²) in [4.78, 5) is 15.3. The maximum Gasteiger partial charge on any atom is 0.162 e. The largest absolute Gasteiger partial charge is 0.294 e. The minimum absolute atomic E-state index is 0.578. The highest BCUT2D eigenvalue weighted by molar-refractivity contribution is 6.31. The third-order valence-electron chi connectivity index (χ3n) is 9.20.